The molecule has 1 heterocycles. The molecule has 0 fully saturated rings. The van der Waals surface area contributed by atoms with Crippen LogP contribution in [-0.2, 0) is 0 Å². The zero-order valence-electron chi connectivity index (χ0n) is 11.1. The van der Waals surface area contributed by atoms with E-state index in [0.717, 1.165) is 0 Å². The van der Waals surface area contributed by atoms with Gasteiger partial charge in [0, 0.05) is 26.4 Å². The number of pyridine rings is 1. The summed E-state index contributed by atoms with van der Waals surface area (Å²) in [6, 6.07) is 7.24. The molecular weight excluding hydrogens is 261 g/mol. The topological polar surface area (TPSA) is 68.5 Å². The Hall–Kier alpha value is -2.63. The summed E-state index contributed by atoms with van der Waals surface area (Å²) in [6.07, 6.45) is 1.42. The van der Waals surface area contributed by atoms with E-state index in [1.54, 1.807) is 14.1 Å². The van der Waals surface area contributed by atoms with Gasteiger partial charge in [-0.2, -0.15) is 0 Å². The Morgan fingerprint density at radius 2 is 2.10 bits per heavy atom. The van der Waals surface area contributed by atoms with Crippen molar-refractivity contribution in [2.24, 2.45) is 0 Å². The number of aromatic nitrogens is 1. The highest BCUT2D eigenvalue weighted by Gasteiger charge is 2.13. The van der Waals surface area contributed by atoms with Crippen molar-refractivity contribution in [2.75, 3.05) is 19.8 Å². The molecule has 2 aromatic rings. The lowest BCUT2D eigenvalue weighted by molar-refractivity contribution is 0.0821. The Bertz CT molecular complexity index is 624. The standard InChI is InChI=1S/C14H14FN3O2/c1-18(2)14(19)12-8-9(6-7-17-12)20-13-10(15)4-3-5-11(13)16/h3-8H,16H2,1-2H3. The molecule has 0 saturated heterocycles. The minimum absolute atomic E-state index is 0.0676. The van der Waals surface area contributed by atoms with Crippen LogP contribution in [0.5, 0.6) is 11.5 Å². The molecule has 1 aromatic heterocycles. The lowest BCUT2D eigenvalue weighted by Crippen LogP contribution is -2.22. The summed E-state index contributed by atoms with van der Waals surface area (Å²) in [4.78, 5) is 17.1. The van der Waals surface area contributed by atoms with Crippen molar-refractivity contribution >= 4 is 11.6 Å². The largest absolute Gasteiger partial charge is 0.452 e. The number of anilines is 1. The van der Waals surface area contributed by atoms with Crippen LogP contribution in [-0.4, -0.2) is 29.9 Å². The first-order valence-electron chi connectivity index (χ1n) is 5.88. The van der Waals surface area contributed by atoms with Gasteiger partial charge in [0.2, 0.25) is 0 Å². The number of nitrogens with two attached hydrogens (primary N) is 1. The number of halogens is 1. The highest BCUT2D eigenvalue weighted by Crippen LogP contribution is 2.30. The minimum atomic E-state index is -0.567. The number of benzene rings is 1. The van der Waals surface area contributed by atoms with E-state index in [4.69, 9.17) is 10.5 Å². The van der Waals surface area contributed by atoms with Crippen LogP contribution in [0.2, 0.25) is 0 Å². The average Bonchev–Trinajstić information content (AvgIpc) is 2.42. The summed E-state index contributed by atoms with van der Waals surface area (Å²) in [5.74, 6) is -0.608. The summed E-state index contributed by atoms with van der Waals surface area (Å²) in [6.45, 7) is 0. The van der Waals surface area contributed by atoms with E-state index >= 15 is 0 Å². The average molecular weight is 275 g/mol. The Labute approximate surface area is 115 Å². The fourth-order valence-electron chi connectivity index (χ4n) is 1.57. The van der Waals surface area contributed by atoms with Gasteiger partial charge < -0.3 is 15.4 Å². The number of hydrogen-bond acceptors (Lipinski definition) is 4. The van der Waals surface area contributed by atoms with Crippen molar-refractivity contribution < 1.29 is 13.9 Å². The highest BCUT2D eigenvalue weighted by atomic mass is 19.1. The SMILES string of the molecule is CN(C)C(=O)c1cc(Oc2c(N)cccc2F)ccn1. The molecule has 0 radical (unpaired) electrons. The van der Waals surface area contributed by atoms with E-state index in [0.29, 0.717) is 5.75 Å². The van der Waals surface area contributed by atoms with Gasteiger partial charge in [-0.25, -0.2) is 4.39 Å². The summed E-state index contributed by atoms with van der Waals surface area (Å²) in [7, 11) is 3.23. The van der Waals surface area contributed by atoms with E-state index in [-0.39, 0.29) is 23.0 Å². The quantitative estimate of drug-likeness (QED) is 0.873. The van der Waals surface area contributed by atoms with E-state index in [1.807, 2.05) is 0 Å². The Balaban J connectivity index is 2.31. The smallest absolute Gasteiger partial charge is 0.272 e. The monoisotopic (exact) mass is 275 g/mol. The molecule has 1 amide bonds. The first-order chi connectivity index (χ1) is 9.49. The van der Waals surface area contributed by atoms with Gasteiger partial charge in [0.1, 0.15) is 11.4 Å². The second kappa shape index (κ2) is 5.56. The van der Waals surface area contributed by atoms with Gasteiger partial charge >= 0.3 is 0 Å². The van der Waals surface area contributed by atoms with Gasteiger partial charge in [0.25, 0.3) is 5.91 Å². The van der Waals surface area contributed by atoms with Crippen molar-refractivity contribution in [2.45, 2.75) is 0 Å². The van der Waals surface area contributed by atoms with Crippen LogP contribution in [0.1, 0.15) is 10.5 Å². The molecular formula is C14H14FN3O2. The van der Waals surface area contributed by atoms with E-state index in [9.17, 15) is 9.18 Å². The molecule has 20 heavy (non-hydrogen) atoms. The summed E-state index contributed by atoms with van der Waals surface area (Å²) < 4.78 is 19.0. The molecule has 5 nitrogen and oxygen atoms in total. The predicted molar refractivity (Wildman–Crippen MR) is 73.1 cm³/mol. The lowest BCUT2D eigenvalue weighted by atomic mass is 10.2. The number of carbonyl (C=O) groups is 1. The maximum absolute atomic E-state index is 13.6. The number of ether oxygens (including phenoxy) is 1. The van der Waals surface area contributed by atoms with Crippen molar-refractivity contribution in [3.05, 3.63) is 48.0 Å². The molecule has 0 spiro atoms. The fraction of sp³-hybridized carbons (Fsp3) is 0.143. The third kappa shape index (κ3) is 2.85. The second-order valence-electron chi connectivity index (χ2n) is 4.34. The van der Waals surface area contributed by atoms with Crippen molar-refractivity contribution in [3.8, 4) is 11.5 Å². The number of rotatable bonds is 3. The van der Waals surface area contributed by atoms with Gasteiger partial charge in [-0.1, -0.05) is 6.07 Å². The molecule has 2 rings (SSSR count). The predicted octanol–water partition coefficient (Wildman–Crippen LogP) is 2.30. The molecule has 6 heteroatoms. The van der Waals surface area contributed by atoms with Gasteiger partial charge in [-0.15, -0.1) is 0 Å². The molecule has 0 saturated carbocycles. The first kappa shape index (κ1) is 13.8. The van der Waals surface area contributed by atoms with Gasteiger partial charge in [-0.3, -0.25) is 9.78 Å². The van der Waals surface area contributed by atoms with E-state index < -0.39 is 5.82 Å². The lowest BCUT2D eigenvalue weighted by Gasteiger charge is -2.12. The molecule has 0 aliphatic heterocycles. The maximum atomic E-state index is 13.6. The Kier molecular flexibility index (Phi) is 3.84. The van der Waals surface area contributed by atoms with Crippen LogP contribution in [0.15, 0.2) is 36.5 Å². The van der Waals surface area contributed by atoms with Gasteiger partial charge in [0.15, 0.2) is 11.6 Å². The number of nitrogens with zero attached hydrogens (tertiary/aromatic N) is 2. The number of para-hydroxylation sites is 1. The van der Waals surface area contributed by atoms with Crippen molar-refractivity contribution in [1.29, 1.82) is 0 Å². The normalized spacial score (nSPS) is 10.2. The number of hydrogen-bond donors (Lipinski definition) is 1. The van der Waals surface area contributed by atoms with Crippen LogP contribution >= 0.6 is 0 Å². The Morgan fingerprint density at radius 1 is 1.35 bits per heavy atom. The third-order valence-electron chi connectivity index (χ3n) is 2.57. The van der Waals surface area contributed by atoms with Crippen LogP contribution in [0, 0.1) is 5.82 Å². The van der Waals surface area contributed by atoms with Crippen LogP contribution in [0.4, 0.5) is 10.1 Å². The van der Waals surface area contributed by atoms with Crippen molar-refractivity contribution in [3.63, 3.8) is 0 Å². The third-order valence-corrected chi connectivity index (χ3v) is 2.57. The van der Waals surface area contributed by atoms with Gasteiger partial charge in [-0.05, 0) is 18.2 Å². The van der Waals surface area contributed by atoms with Gasteiger partial charge in [0.05, 0.1) is 5.69 Å². The zero-order valence-corrected chi connectivity index (χ0v) is 11.1. The number of carbonyl (C=O) groups excluding carboxylic acids is 1. The maximum Gasteiger partial charge on any atom is 0.272 e. The van der Waals surface area contributed by atoms with E-state index in [2.05, 4.69) is 4.98 Å². The van der Waals surface area contributed by atoms with Crippen molar-refractivity contribution in [1.82, 2.24) is 9.88 Å². The Morgan fingerprint density at radius 3 is 2.75 bits per heavy atom. The van der Waals surface area contributed by atoms with E-state index in [1.165, 1.54) is 41.4 Å². The van der Waals surface area contributed by atoms with Crippen LogP contribution < -0.4 is 10.5 Å². The fourth-order valence-corrected chi connectivity index (χ4v) is 1.57. The zero-order chi connectivity index (χ0) is 14.7. The molecule has 0 unspecified atom stereocenters. The second-order valence-corrected chi connectivity index (χ2v) is 4.34. The summed E-state index contributed by atoms with van der Waals surface area (Å²) >= 11 is 0. The number of nitrogen functional groups attached to an aromatic ring is 1. The summed E-state index contributed by atoms with van der Waals surface area (Å²) in [5.41, 5.74) is 6.05. The van der Waals surface area contributed by atoms with Crippen LogP contribution in [0.3, 0.4) is 0 Å². The first-order valence-corrected chi connectivity index (χ1v) is 5.88. The minimum Gasteiger partial charge on any atom is -0.452 e. The van der Waals surface area contributed by atoms with Crippen LogP contribution in [0.25, 0.3) is 0 Å². The molecule has 0 atom stereocenters. The molecule has 1 aromatic carbocycles. The molecule has 0 bridgehead atoms. The molecule has 0 aliphatic rings. The molecule has 0 aliphatic carbocycles. The number of amides is 1. The molecule has 2 N–H and O–H groups in total. The molecule has 104 valence electrons. The summed E-state index contributed by atoms with van der Waals surface area (Å²) in [5, 5.41) is 0. The highest BCUT2D eigenvalue weighted by molar-refractivity contribution is 5.92.